The zero-order valence-electron chi connectivity index (χ0n) is 23.2. The number of azide groups is 1. The molecule has 1 aromatic carbocycles. The van der Waals surface area contributed by atoms with E-state index in [4.69, 9.17) is 15.3 Å². The summed E-state index contributed by atoms with van der Waals surface area (Å²) in [4.78, 5) is 52.3. The van der Waals surface area contributed by atoms with Crippen molar-refractivity contribution in [1.82, 2.24) is 20.1 Å². The Kier molecular flexibility index (Phi) is 8.28. The van der Waals surface area contributed by atoms with Crippen LogP contribution in [0.5, 0.6) is 0 Å². The van der Waals surface area contributed by atoms with Crippen LogP contribution >= 0.6 is 11.3 Å². The van der Waals surface area contributed by atoms with E-state index >= 15 is 4.39 Å². The van der Waals surface area contributed by atoms with Crippen LogP contribution in [-0.4, -0.2) is 109 Å². The van der Waals surface area contributed by atoms with Crippen LogP contribution in [0.3, 0.4) is 0 Å². The molecule has 1 N–H and O–H groups in total. The maximum absolute atomic E-state index is 15.3. The van der Waals surface area contributed by atoms with E-state index in [-0.39, 0.29) is 25.5 Å². The summed E-state index contributed by atoms with van der Waals surface area (Å²) in [7, 11) is 2.11. The molecular formula is C27H33FN8O4S. The summed E-state index contributed by atoms with van der Waals surface area (Å²) in [5, 5.41) is 9.31. The van der Waals surface area contributed by atoms with Crippen LogP contribution in [0.2, 0.25) is 0 Å². The molecule has 4 unspecified atom stereocenters. The Bertz CT molecular complexity index is 1350. The first kappa shape index (κ1) is 28.9. The van der Waals surface area contributed by atoms with Crippen LogP contribution < -0.4 is 10.2 Å². The molecule has 5 rings (SSSR count). The number of nitrogens with one attached hydrogen (secondary N) is 1. The van der Waals surface area contributed by atoms with Gasteiger partial charge in [0, 0.05) is 60.7 Å². The second-order valence-electron chi connectivity index (χ2n) is 11.2. The van der Waals surface area contributed by atoms with E-state index < -0.39 is 41.6 Å². The first-order chi connectivity index (χ1) is 19.6. The summed E-state index contributed by atoms with van der Waals surface area (Å²) < 4.78 is 20.7. The number of likely N-dealkylation sites (tertiary alicyclic amines) is 1. The highest BCUT2D eigenvalue weighted by atomic mass is 32.1. The number of fused-ring (bicyclic) bond motifs is 1. The standard InChI is InChI=1S/C27H33FN8O4S/c1-27(2,28)18(25(39)36-13-19(32-33-29)23-22(36)21(37)14-40-23)12-30-24(38)17-6-4-16(5-7-17)20-15-41-26(31-20)35-10-8-34(3)9-11-35/h4-7,15,18-19,22-23H,8-14H2,1-3H3,(H,30,38). The van der Waals surface area contributed by atoms with Crippen LogP contribution in [0.15, 0.2) is 34.8 Å². The van der Waals surface area contributed by atoms with Crippen molar-refractivity contribution in [2.45, 2.75) is 37.7 Å². The molecule has 0 radical (unpaired) electrons. The number of hydrogen-bond acceptors (Lipinski definition) is 9. The van der Waals surface area contributed by atoms with Gasteiger partial charge in [-0.3, -0.25) is 14.4 Å². The van der Waals surface area contributed by atoms with E-state index in [1.807, 2.05) is 17.5 Å². The number of nitrogens with zero attached hydrogens (tertiary/aromatic N) is 7. The second-order valence-corrected chi connectivity index (χ2v) is 12.0. The summed E-state index contributed by atoms with van der Waals surface area (Å²) >= 11 is 1.59. The summed E-state index contributed by atoms with van der Waals surface area (Å²) in [6.07, 6.45) is -0.755. The van der Waals surface area contributed by atoms with Crippen LogP contribution in [0, 0.1) is 5.92 Å². The van der Waals surface area contributed by atoms with Gasteiger partial charge < -0.3 is 24.8 Å². The molecule has 0 spiro atoms. The van der Waals surface area contributed by atoms with Gasteiger partial charge in [-0.25, -0.2) is 9.37 Å². The molecule has 3 fully saturated rings. The Morgan fingerprint density at radius 1 is 1.27 bits per heavy atom. The zero-order chi connectivity index (χ0) is 29.3. The van der Waals surface area contributed by atoms with Crippen molar-refractivity contribution in [1.29, 1.82) is 0 Å². The lowest BCUT2D eigenvalue weighted by atomic mass is 9.90. The topological polar surface area (TPSA) is 144 Å². The number of halogens is 1. The number of carbonyl (C=O) groups excluding carboxylic acids is 3. The molecule has 41 heavy (non-hydrogen) atoms. The van der Waals surface area contributed by atoms with Gasteiger partial charge in [0.25, 0.3) is 5.91 Å². The number of ether oxygens (including phenoxy) is 1. The van der Waals surface area contributed by atoms with Crippen LogP contribution in [-0.2, 0) is 14.3 Å². The molecule has 3 aliphatic heterocycles. The number of ketones is 1. The van der Waals surface area contributed by atoms with Crippen molar-refractivity contribution in [2.24, 2.45) is 11.0 Å². The van der Waals surface area contributed by atoms with Gasteiger partial charge in [-0.05, 0) is 38.6 Å². The number of hydrogen-bond donors (Lipinski definition) is 1. The fourth-order valence-electron chi connectivity index (χ4n) is 5.48. The third-order valence-electron chi connectivity index (χ3n) is 7.94. The normalized spacial score (nSPS) is 23.7. The van der Waals surface area contributed by atoms with Crippen LogP contribution in [0.4, 0.5) is 9.52 Å². The number of thiazole rings is 1. The smallest absolute Gasteiger partial charge is 0.251 e. The van der Waals surface area contributed by atoms with Gasteiger partial charge in [-0.2, -0.15) is 0 Å². The molecule has 0 saturated carbocycles. The second kappa shape index (κ2) is 11.7. The lowest BCUT2D eigenvalue weighted by Crippen LogP contribution is -2.52. The monoisotopic (exact) mass is 584 g/mol. The zero-order valence-corrected chi connectivity index (χ0v) is 24.0. The van der Waals surface area contributed by atoms with Crippen molar-refractivity contribution in [3.63, 3.8) is 0 Å². The quantitative estimate of drug-likeness (QED) is 0.285. The number of anilines is 1. The molecule has 3 aliphatic rings. The average molecular weight is 585 g/mol. The molecule has 3 saturated heterocycles. The van der Waals surface area contributed by atoms with Crippen molar-refractivity contribution in [3.05, 3.63) is 45.7 Å². The van der Waals surface area contributed by atoms with Crippen LogP contribution in [0.25, 0.3) is 21.7 Å². The first-order valence-electron chi connectivity index (χ1n) is 13.5. The molecule has 4 heterocycles. The number of alkyl halides is 1. The highest BCUT2D eigenvalue weighted by Crippen LogP contribution is 2.33. The summed E-state index contributed by atoms with van der Waals surface area (Å²) in [5.74, 6) is -2.69. The minimum absolute atomic E-state index is 0.0565. The molecule has 12 nitrogen and oxygen atoms in total. The first-order valence-corrected chi connectivity index (χ1v) is 14.4. The molecule has 1 aromatic heterocycles. The summed E-state index contributed by atoms with van der Waals surface area (Å²) in [5.41, 5.74) is 8.93. The Morgan fingerprint density at radius 3 is 2.63 bits per heavy atom. The maximum atomic E-state index is 15.3. The Hall–Kier alpha value is -3.58. The van der Waals surface area contributed by atoms with E-state index in [9.17, 15) is 14.4 Å². The lowest BCUT2D eigenvalue weighted by molar-refractivity contribution is -0.143. The average Bonchev–Trinajstić information content (AvgIpc) is 3.67. The lowest BCUT2D eigenvalue weighted by Gasteiger charge is -2.32. The molecule has 218 valence electrons. The van der Waals surface area contributed by atoms with E-state index in [1.54, 1.807) is 23.5 Å². The minimum Gasteiger partial charge on any atom is -0.367 e. The van der Waals surface area contributed by atoms with Gasteiger partial charge in [0.1, 0.15) is 18.3 Å². The summed E-state index contributed by atoms with van der Waals surface area (Å²) in [6.45, 7) is 5.82. The highest BCUT2D eigenvalue weighted by Gasteiger charge is 2.54. The van der Waals surface area contributed by atoms with Crippen molar-refractivity contribution >= 4 is 34.1 Å². The third-order valence-corrected chi connectivity index (χ3v) is 8.84. The van der Waals surface area contributed by atoms with Gasteiger partial charge in [-0.15, -0.1) is 11.3 Å². The van der Waals surface area contributed by atoms with Gasteiger partial charge in [-0.1, -0.05) is 17.2 Å². The predicted octanol–water partition coefficient (Wildman–Crippen LogP) is 2.51. The number of benzene rings is 1. The molecule has 14 heteroatoms. The van der Waals surface area contributed by atoms with Crippen molar-refractivity contribution in [2.75, 3.05) is 57.8 Å². The van der Waals surface area contributed by atoms with Gasteiger partial charge >= 0.3 is 0 Å². The van der Waals surface area contributed by atoms with Gasteiger partial charge in [0.15, 0.2) is 10.9 Å². The van der Waals surface area contributed by atoms with E-state index in [0.717, 1.165) is 42.6 Å². The molecule has 0 bridgehead atoms. The summed E-state index contributed by atoms with van der Waals surface area (Å²) in [6, 6.07) is 5.28. The fraction of sp³-hybridized carbons (Fsp3) is 0.556. The fourth-order valence-corrected chi connectivity index (χ4v) is 6.37. The Balaban J connectivity index is 1.23. The van der Waals surface area contributed by atoms with E-state index in [0.29, 0.717) is 5.56 Å². The number of piperazine rings is 1. The number of carbonyl (C=O) groups is 3. The molecule has 4 atom stereocenters. The molecular weight excluding hydrogens is 551 g/mol. The highest BCUT2D eigenvalue weighted by molar-refractivity contribution is 7.14. The largest absolute Gasteiger partial charge is 0.367 e. The number of aromatic nitrogens is 1. The SMILES string of the molecule is CN1CCN(c2nc(-c3ccc(C(=O)NCC(C(=O)N4CC(N=[N+]=[N-])C5OCC(=O)C54)C(C)(C)F)cc3)cs2)CC1. The predicted molar refractivity (Wildman–Crippen MR) is 151 cm³/mol. The minimum atomic E-state index is -2.01. The third kappa shape index (κ3) is 6.05. The Morgan fingerprint density at radius 2 is 1.98 bits per heavy atom. The number of rotatable bonds is 8. The molecule has 2 amide bonds. The van der Waals surface area contributed by atoms with E-state index in [2.05, 4.69) is 32.2 Å². The van der Waals surface area contributed by atoms with E-state index in [1.165, 1.54) is 18.7 Å². The number of Topliss-reactive ketones (excluding diaryl/α,β-unsaturated/α-hetero) is 1. The number of amides is 2. The molecule has 2 aromatic rings. The van der Waals surface area contributed by atoms with Crippen LogP contribution in [0.1, 0.15) is 24.2 Å². The van der Waals surface area contributed by atoms with Crippen molar-refractivity contribution < 1.29 is 23.5 Å². The maximum Gasteiger partial charge on any atom is 0.251 e. The molecule has 0 aliphatic carbocycles. The van der Waals surface area contributed by atoms with Gasteiger partial charge in [0.05, 0.1) is 23.8 Å². The Labute approximate surface area is 241 Å². The van der Waals surface area contributed by atoms with Crippen molar-refractivity contribution in [3.8, 4) is 11.3 Å². The van der Waals surface area contributed by atoms with Gasteiger partial charge in [0.2, 0.25) is 5.91 Å². The number of likely N-dealkylation sites (N-methyl/N-ethyl adjacent to an activating group) is 1.